The van der Waals surface area contributed by atoms with Gasteiger partial charge in [0.05, 0.1) is 12.7 Å². The highest BCUT2D eigenvalue weighted by Gasteiger charge is 2.57. The Kier molecular flexibility index (Phi) is 4.66. The Morgan fingerprint density at radius 1 is 0.889 bits per heavy atom. The van der Waals surface area contributed by atoms with Crippen molar-refractivity contribution in [2.75, 3.05) is 0 Å². The van der Waals surface area contributed by atoms with Gasteiger partial charge < -0.3 is 4.74 Å². The van der Waals surface area contributed by atoms with Crippen LogP contribution in [0.25, 0.3) is 0 Å². The zero-order valence-corrected chi connectivity index (χ0v) is 17.5. The minimum atomic E-state index is 0.486. The van der Waals surface area contributed by atoms with Crippen molar-refractivity contribution >= 4 is 0 Å². The molecule has 0 heterocycles. The van der Waals surface area contributed by atoms with E-state index in [9.17, 15) is 0 Å². The van der Waals surface area contributed by atoms with Crippen molar-refractivity contribution in [3.05, 3.63) is 35.9 Å². The fraction of sp³-hybridized carbons (Fsp3) is 0.769. The van der Waals surface area contributed by atoms with E-state index in [2.05, 4.69) is 44.2 Å². The van der Waals surface area contributed by atoms with E-state index in [0.717, 1.165) is 30.3 Å². The lowest BCUT2D eigenvalue weighted by Crippen LogP contribution is -2.53. The van der Waals surface area contributed by atoms with Crippen molar-refractivity contribution in [2.24, 2.45) is 34.5 Å². The lowest BCUT2D eigenvalue weighted by Gasteiger charge is -2.60. The van der Waals surface area contributed by atoms with Gasteiger partial charge in [0, 0.05) is 0 Å². The molecule has 1 nitrogen and oxygen atoms in total. The zero-order valence-electron chi connectivity index (χ0n) is 17.5. The molecule has 148 valence electrons. The summed E-state index contributed by atoms with van der Waals surface area (Å²) in [6.07, 6.45) is 15.0. The average molecular weight is 367 g/mol. The molecule has 4 fully saturated rings. The highest BCUT2D eigenvalue weighted by atomic mass is 16.5. The van der Waals surface area contributed by atoms with Gasteiger partial charge in [-0.1, -0.05) is 50.6 Å². The molecule has 4 saturated carbocycles. The molecule has 1 heteroatoms. The Morgan fingerprint density at radius 2 is 1.74 bits per heavy atom. The lowest BCUT2D eigenvalue weighted by molar-refractivity contribution is -0.131. The van der Waals surface area contributed by atoms with E-state index in [4.69, 9.17) is 4.74 Å². The summed E-state index contributed by atoms with van der Waals surface area (Å²) in [5, 5.41) is 0. The van der Waals surface area contributed by atoms with Crippen LogP contribution in [0.2, 0.25) is 0 Å². The Bertz CT molecular complexity index is 653. The normalized spacial score (nSPS) is 46.4. The van der Waals surface area contributed by atoms with Gasteiger partial charge >= 0.3 is 0 Å². The molecular weight excluding hydrogens is 328 g/mol. The Hall–Kier alpha value is -0.820. The summed E-state index contributed by atoms with van der Waals surface area (Å²) in [6, 6.07) is 10.7. The topological polar surface area (TPSA) is 9.23 Å². The fourth-order valence-corrected chi connectivity index (χ4v) is 8.15. The van der Waals surface area contributed by atoms with Gasteiger partial charge in [0.1, 0.15) is 0 Å². The quantitative estimate of drug-likeness (QED) is 0.559. The summed E-state index contributed by atoms with van der Waals surface area (Å²) in [5.74, 6) is 3.98. The van der Waals surface area contributed by atoms with E-state index in [1.54, 1.807) is 0 Å². The lowest BCUT2D eigenvalue weighted by atomic mass is 9.45. The molecule has 0 spiro atoms. The first-order chi connectivity index (χ1) is 13.1. The van der Waals surface area contributed by atoms with Gasteiger partial charge in [0.25, 0.3) is 0 Å². The maximum Gasteiger partial charge on any atom is 0.0720 e. The molecule has 7 atom stereocenters. The monoisotopic (exact) mass is 366 g/mol. The van der Waals surface area contributed by atoms with Crippen molar-refractivity contribution in [1.82, 2.24) is 0 Å². The van der Waals surface area contributed by atoms with Gasteiger partial charge in [0.15, 0.2) is 0 Å². The predicted octanol–water partition coefficient (Wildman–Crippen LogP) is 7.00. The van der Waals surface area contributed by atoms with Crippen molar-refractivity contribution in [3.63, 3.8) is 0 Å². The van der Waals surface area contributed by atoms with Crippen LogP contribution >= 0.6 is 0 Å². The van der Waals surface area contributed by atoms with Crippen LogP contribution in [0.1, 0.15) is 83.6 Å². The van der Waals surface area contributed by atoms with E-state index in [-0.39, 0.29) is 0 Å². The second-order valence-corrected chi connectivity index (χ2v) is 10.9. The molecule has 27 heavy (non-hydrogen) atoms. The van der Waals surface area contributed by atoms with Crippen LogP contribution in [0.3, 0.4) is 0 Å². The highest BCUT2D eigenvalue weighted by Crippen LogP contribution is 2.66. The van der Waals surface area contributed by atoms with E-state index < -0.39 is 0 Å². The fourth-order valence-electron chi connectivity index (χ4n) is 8.15. The third-order valence-corrected chi connectivity index (χ3v) is 9.73. The number of benzene rings is 1. The number of hydrogen-bond donors (Lipinski definition) is 0. The number of ether oxygens (including phenoxy) is 1. The SMILES string of the molecule is C[C@@]12CCC[C@H]1[C@@H]1CC[C@H]3C[C@@H](OCc4ccccc4)CC[C@]3(C)[C@H]1CC2. The van der Waals surface area contributed by atoms with Gasteiger partial charge in [-0.05, 0) is 97.9 Å². The molecule has 0 radical (unpaired) electrons. The summed E-state index contributed by atoms with van der Waals surface area (Å²) >= 11 is 0. The molecule has 5 rings (SSSR count). The molecule has 0 aromatic heterocycles. The maximum absolute atomic E-state index is 6.38. The predicted molar refractivity (Wildman–Crippen MR) is 111 cm³/mol. The molecule has 0 unspecified atom stereocenters. The van der Waals surface area contributed by atoms with Crippen LogP contribution in [0.15, 0.2) is 30.3 Å². The first-order valence-electron chi connectivity index (χ1n) is 11.7. The number of rotatable bonds is 3. The smallest absolute Gasteiger partial charge is 0.0720 e. The van der Waals surface area contributed by atoms with Crippen molar-refractivity contribution < 1.29 is 4.74 Å². The Balaban J connectivity index is 1.25. The molecule has 1 aromatic rings. The third-order valence-electron chi connectivity index (χ3n) is 9.73. The van der Waals surface area contributed by atoms with E-state index in [1.165, 1.54) is 69.8 Å². The summed E-state index contributed by atoms with van der Waals surface area (Å²) in [6.45, 7) is 6.10. The van der Waals surface area contributed by atoms with Crippen molar-refractivity contribution in [3.8, 4) is 0 Å². The minimum absolute atomic E-state index is 0.486. The summed E-state index contributed by atoms with van der Waals surface area (Å²) < 4.78 is 6.38. The first-order valence-corrected chi connectivity index (χ1v) is 11.7. The third kappa shape index (κ3) is 3.09. The van der Waals surface area contributed by atoms with Gasteiger partial charge in [-0.2, -0.15) is 0 Å². The van der Waals surface area contributed by atoms with Crippen molar-refractivity contribution in [2.45, 2.75) is 90.8 Å². The molecule has 0 N–H and O–H groups in total. The van der Waals surface area contributed by atoms with E-state index in [1.807, 2.05) is 0 Å². The molecule has 4 aliphatic carbocycles. The molecule has 0 amide bonds. The van der Waals surface area contributed by atoms with Crippen LogP contribution < -0.4 is 0 Å². The van der Waals surface area contributed by atoms with Gasteiger partial charge in [-0.15, -0.1) is 0 Å². The Labute approximate surface area is 166 Å². The molecule has 0 bridgehead atoms. The van der Waals surface area contributed by atoms with Gasteiger partial charge in [-0.25, -0.2) is 0 Å². The zero-order chi connectivity index (χ0) is 18.5. The van der Waals surface area contributed by atoms with Crippen LogP contribution in [-0.2, 0) is 11.3 Å². The maximum atomic E-state index is 6.38. The molecule has 0 aliphatic heterocycles. The minimum Gasteiger partial charge on any atom is -0.374 e. The Morgan fingerprint density at radius 3 is 2.59 bits per heavy atom. The van der Waals surface area contributed by atoms with Crippen molar-refractivity contribution in [1.29, 1.82) is 0 Å². The van der Waals surface area contributed by atoms with Crippen LogP contribution in [-0.4, -0.2) is 6.10 Å². The molecule has 0 saturated heterocycles. The van der Waals surface area contributed by atoms with Gasteiger partial charge in [-0.3, -0.25) is 0 Å². The van der Waals surface area contributed by atoms with Gasteiger partial charge in [0.2, 0.25) is 0 Å². The summed E-state index contributed by atoms with van der Waals surface area (Å²) in [5.41, 5.74) is 2.61. The van der Waals surface area contributed by atoms with E-state index >= 15 is 0 Å². The number of fused-ring (bicyclic) bond motifs is 5. The molecule has 1 aromatic carbocycles. The molecule has 4 aliphatic rings. The summed E-state index contributed by atoms with van der Waals surface area (Å²) in [4.78, 5) is 0. The second kappa shape index (κ2) is 6.90. The second-order valence-electron chi connectivity index (χ2n) is 10.9. The number of hydrogen-bond acceptors (Lipinski definition) is 1. The van der Waals surface area contributed by atoms with E-state index in [0.29, 0.717) is 16.9 Å². The van der Waals surface area contributed by atoms with Crippen LogP contribution in [0.5, 0.6) is 0 Å². The highest BCUT2D eigenvalue weighted by molar-refractivity contribution is 5.13. The van der Waals surface area contributed by atoms with Crippen LogP contribution in [0.4, 0.5) is 0 Å². The molecular formula is C26H38O. The average Bonchev–Trinajstić information content (AvgIpc) is 3.09. The van der Waals surface area contributed by atoms with Crippen LogP contribution in [0, 0.1) is 34.5 Å². The summed E-state index contributed by atoms with van der Waals surface area (Å²) in [7, 11) is 0. The largest absolute Gasteiger partial charge is 0.374 e. The standard InChI is InChI=1S/C26H38O/c1-25-14-6-9-23(25)22-11-10-20-17-21(27-18-19-7-4-3-5-8-19)12-16-26(20,2)24(22)13-15-25/h3-5,7-8,20-24H,6,9-18H2,1-2H3/t20-,21-,22-,23-,24-,25-,26-/m0/s1. The first kappa shape index (κ1) is 18.2.